The number of alkyl halides is 3. The van der Waals surface area contributed by atoms with Gasteiger partial charge in [0.2, 0.25) is 0 Å². The van der Waals surface area contributed by atoms with E-state index in [4.69, 9.17) is 18.9 Å². The van der Waals surface area contributed by atoms with Gasteiger partial charge in [-0.1, -0.05) is 0 Å². The molecule has 1 aliphatic rings. The van der Waals surface area contributed by atoms with Crippen LogP contribution in [0.5, 0.6) is 5.75 Å². The number of benzene rings is 1. The first kappa shape index (κ1) is 26.5. The summed E-state index contributed by atoms with van der Waals surface area (Å²) in [5, 5.41) is 0. The first-order valence-corrected chi connectivity index (χ1v) is 10.9. The number of amides is 1. The summed E-state index contributed by atoms with van der Waals surface area (Å²) < 4.78 is 62.1. The van der Waals surface area contributed by atoms with Gasteiger partial charge >= 0.3 is 12.3 Å². The van der Waals surface area contributed by atoms with Crippen LogP contribution in [0.1, 0.15) is 26.3 Å². The predicted molar refractivity (Wildman–Crippen MR) is 119 cm³/mol. The second-order valence-electron chi connectivity index (χ2n) is 8.94. The fourth-order valence-corrected chi connectivity index (χ4v) is 3.47. The Morgan fingerprint density at radius 3 is 2.63 bits per heavy atom. The highest BCUT2D eigenvalue weighted by molar-refractivity contribution is 5.70. The summed E-state index contributed by atoms with van der Waals surface area (Å²) in [7, 11) is 1.33. The molecule has 0 aliphatic carbocycles. The number of rotatable bonds is 6. The van der Waals surface area contributed by atoms with E-state index in [9.17, 15) is 22.8 Å². The van der Waals surface area contributed by atoms with Crippen LogP contribution in [0, 0.1) is 0 Å². The van der Waals surface area contributed by atoms with E-state index in [0.717, 1.165) is 18.2 Å². The molecule has 1 aliphatic heterocycles. The van der Waals surface area contributed by atoms with Crippen molar-refractivity contribution in [3.05, 3.63) is 46.6 Å². The van der Waals surface area contributed by atoms with E-state index in [1.165, 1.54) is 29.1 Å². The highest BCUT2D eigenvalue weighted by atomic mass is 19.4. The Morgan fingerprint density at radius 1 is 1.23 bits per heavy atom. The summed E-state index contributed by atoms with van der Waals surface area (Å²) in [5.74, 6) is -0.164. The lowest BCUT2D eigenvalue weighted by molar-refractivity contribution is -0.137. The maximum Gasteiger partial charge on any atom is 0.416 e. The number of aromatic nitrogens is 2. The minimum atomic E-state index is -4.59. The summed E-state index contributed by atoms with van der Waals surface area (Å²) >= 11 is 0. The number of carbonyl (C=O) groups is 1. The summed E-state index contributed by atoms with van der Waals surface area (Å²) in [5.41, 5.74) is -1.88. The molecule has 3 rings (SSSR count). The molecule has 1 fully saturated rings. The highest BCUT2D eigenvalue weighted by Crippen LogP contribution is 2.36. The zero-order chi connectivity index (χ0) is 25.8. The number of carbonyl (C=O) groups excluding carboxylic acids is 1. The van der Waals surface area contributed by atoms with Crippen molar-refractivity contribution in [1.29, 1.82) is 0 Å². The van der Waals surface area contributed by atoms with Gasteiger partial charge < -0.3 is 23.8 Å². The number of halogens is 3. The SMILES string of the molecule is COCOc1cc(C(F)(F)F)ccc1-c1cncn(C[C@H]2CN(C(=O)OC(C)(C)C)CCO2)c1=O. The van der Waals surface area contributed by atoms with Crippen LogP contribution in [0.4, 0.5) is 18.0 Å². The molecule has 0 radical (unpaired) electrons. The molecule has 1 aromatic carbocycles. The Bertz CT molecular complexity index is 1100. The number of nitrogens with zero attached hydrogens (tertiary/aromatic N) is 3. The van der Waals surface area contributed by atoms with Gasteiger partial charge in [-0.05, 0) is 39.0 Å². The van der Waals surface area contributed by atoms with Gasteiger partial charge in [-0.3, -0.25) is 9.36 Å². The zero-order valence-corrected chi connectivity index (χ0v) is 19.9. The lowest BCUT2D eigenvalue weighted by Crippen LogP contribution is -2.49. The van der Waals surface area contributed by atoms with Crippen LogP contribution < -0.4 is 10.3 Å². The number of hydrogen-bond donors (Lipinski definition) is 0. The fourth-order valence-electron chi connectivity index (χ4n) is 3.47. The lowest BCUT2D eigenvalue weighted by atomic mass is 10.0. The van der Waals surface area contributed by atoms with Gasteiger partial charge in [0, 0.05) is 25.4 Å². The summed E-state index contributed by atoms with van der Waals surface area (Å²) in [6.07, 6.45) is -3.01. The van der Waals surface area contributed by atoms with Crippen molar-refractivity contribution in [2.75, 3.05) is 33.6 Å². The van der Waals surface area contributed by atoms with E-state index >= 15 is 0 Å². The Labute approximate surface area is 200 Å². The van der Waals surface area contributed by atoms with Crippen LogP contribution in [0.2, 0.25) is 0 Å². The Morgan fingerprint density at radius 2 is 1.97 bits per heavy atom. The van der Waals surface area contributed by atoms with Crippen LogP contribution >= 0.6 is 0 Å². The van der Waals surface area contributed by atoms with Crippen LogP contribution in [0.15, 0.2) is 35.5 Å². The molecule has 12 heteroatoms. The van der Waals surface area contributed by atoms with Crippen molar-refractivity contribution in [2.24, 2.45) is 0 Å². The maximum atomic E-state index is 13.2. The van der Waals surface area contributed by atoms with Gasteiger partial charge in [-0.25, -0.2) is 9.78 Å². The van der Waals surface area contributed by atoms with Gasteiger partial charge in [-0.15, -0.1) is 0 Å². The molecule has 0 N–H and O–H groups in total. The summed E-state index contributed by atoms with van der Waals surface area (Å²) in [6, 6.07) is 2.85. The van der Waals surface area contributed by atoms with Crippen molar-refractivity contribution < 1.29 is 36.9 Å². The maximum absolute atomic E-state index is 13.2. The number of ether oxygens (including phenoxy) is 4. The van der Waals surface area contributed by atoms with Gasteiger partial charge in [0.1, 0.15) is 11.4 Å². The Balaban J connectivity index is 1.85. The standard InChI is InChI=1S/C23H28F3N3O6/c1-22(2,3)35-21(31)28-7-8-33-16(11-28)12-29-13-27-10-18(20(29)30)17-6-5-15(23(24,25)26)9-19(17)34-14-32-4/h5-6,9-10,13,16H,7-8,11-12,14H2,1-4H3/t16-/m1/s1. The van der Waals surface area contributed by atoms with Gasteiger partial charge in [0.15, 0.2) is 6.79 Å². The minimum Gasteiger partial charge on any atom is -0.467 e. The summed E-state index contributed by atoms with van der Waals surface area (Å²) in [4.78, 5) is 31.2. The first-order chi connectivity index (χ1) is 16.4. The van der Waals surface area contributed by atoms with Gasteiger partial charge in [0.05, 0.1) is 43.3 Å². The van der Waals surface area contributed by atoms with Crippen LogP contribution in [0.3, 0.4) is 0 Å². The van der Waals surface area contributed by atoms with E-state index < -0.39 is 35.1 Å². The molecule has 2 aromatic rings. The van der Waals surface area contributed by atoms with E-state index in [0.29, 0.717) is 6.54 Å². The normalized spacial score (nSPS) is 16.8. The molecule has 0 unspecified atom stereocenters. The van der Waals surface area contributed by atoms with Crippen molar-refractivity contribution in [1.82, 2.24) is 14.5 Å². The second kappa shape index (κ2) is 10.6. The molecule has 0 saturated carbocycles. The van der Waals surface area contributed by atoms with Gasteiger partial charge in [0.25, 0.3) is 5.56 Å². The molecule has 1 amide bonds. The van der Waals surface area contributed by atoms with Gasteiger partial charge in [-0.2, -0.15) is 13.2 Å². The van der Waals surface area contributed by atoms with Crippen molar-refractivity contribution >= 4 is 6.09 Å². The molecule has 1 aromatic heterocycles. The van der Waals surface area contributed by atoms with E-state index in [2.05, 4.69) is 4.98 Å². The molecular formula is C23H28F3N3O6. The predicted octanol–water partition coefficient (Wildman–Crippen LogP) is 3.55. The largest absolute Gasteiger partial charge is 0.467 e. The van der Waals surface area contributed by atoms with Crippen LogP contribution in [-0.2, 0) is 26.9 Å². The van der Waals surface area contributed by atoms with Crippen molar-refractivity contribution in [3.63, 3.8) is 0 Å². The molecule has 1 atom stereocenters. The average Bonchev–Trinajstić information content (AvgIpc) is 2.77. The number of morpholine rings is 1. The molecule has 2 heterocycles. The molecule has 0 bridgehead atoms. The molecule has 35 heavy (non-hydrogen) atoms. The third-order valence-corrected chi connectivity index (χ3v) is 5.02. The topological polar surface area (TPSA) is 92.1 Å². The van der Waals surface area contributed by atoms with Crippen LogP contribution in [0.25, 0.3) is 11.1 Å². The quantitative estimate of drug-likeness (QED) is 0.562. The zero-order valence-electron chi connectivity index (χ0n) is 19.9. The van der Waals surface area contributed by atoms with Crippen molar-refractivity contribution in [3.8, 4) is 16.9 Å². The Kier molecular flexibility index (Phi) is 8.06. The van der Waals surface area contributed by atoms with Crippen molar-refractivity contribution in [2.45, 2.75) is 45.2 Å². The Hall–Kier alpha value is -3.12. The number of methoxy groups -OCH3 is 1. The fraction of sp³-hybridized carbons (Fsp3) is 0.522. The molecule has 9 nitrogen and oxygen atoms in total. The monoisotopic (exact) mass is 499 g/mol. The highest BCUT2D eigenvalue weighted by Gasteiger charge is 2.32. The third-order valence-electron chi connectivity index (χ3n) is 5.02. The average molecular weight is 499 g/mol. The first-order valence-electron chi connectivity index (χ1n) is 10.9. The van der Waals surface area contributed by atoms with E-state index in [1.54, 1.807) is 20.8 Å². The smallest absolute Gasteiger partial charge is 0.416 e. The molecule has 0 spiro atoms. The summed E-state index contributed by atoms with van der Waals surface area (Å²) in [6.45, 7) is 5.90. The molecule has 1 saturated heterocycles. The van der Waals surface area contributed by atoms with E-state index in [1.807, 2.05) is 0 Å². The van der Waals surface area contributed by atoms with E-state index in [-0.39, 0.29) is 43.4 Å². The minimum absolute atomic E-state index is 0.0483. The molecule has 192 valence electrons. The molecular weight excluding hydrogens is 471 g/mol. The second-order valence-corrected chi connectivity index (χ2v) is 8.94. The lowest BCUT2D eigenvalue weighted by Gasteiger charge is -2.34. The third kappa shape index (κ3) is 6.95. The van der Waals surface area contributed by atoms with Crippen LogP contribution in [-0.4, -0.2) is 65.8 Å². The number of hydrogen-bond acceptors (Lipinski definition) is 7.